The molecule has 5 heteroatoms. The summed E-state index contributed by atoms with van der Waals surface area (Å²) in [5, 5.41) is 3.85. The number of halogens is 1. The number of hydrogen-bond donors (Lipinski definition) is 2. The lowest BCUT2D eigenvalue weighted by atomic mass is 10.3. The highest BCUT2D eigenvalue weighted by atomic mass is 35.5. The average Bonchev–Trinajstić information content (AvgIpc) is 2.35. The van der Waals surface area contributed by atoms with Gasteiger partial charge in [-0.3, -0.25) is 0 Å². The van der Waals surface area contributed by atoms with Crippen LogP contribution in [-0.4, -0.2) is 39.5 Å². The third-order valence-electron chi connectivity index (χ3n) is 2.05. The fourth-order valence-corrected chi connectivity index (χ4v) is 1.35. The minimum atomic E-state index is 0.540. The maximum Gasteiger partial charge on any atom is 0.119 e. The lowest BCUT2D eigenvalue weighted by Crippen LogP contribution is -2.26. The van der Waals surface area contributed by atoms with E-state index < -0.39 is 0 Å². The van der Waals surface area contributed by atoms with E-state index in [1.807, 2.05) is 12.1 Å². The number of nitrogens with two attached hydrogens (primary N) is 1. The second-order valence-corrected chi connectivity index (χ2v) is 3.89. The first kappa shape index (κ1) is 14.3. The fourth-order valence-electron chi connectivity index (χ4n) is 1.22. The molecule has 4 nitrogen and oxygen atoms in total. The Morgan fingerprint density at radius 3 is 2.53 bits per heavy atom. The second-order valence-electron chi connectivity index (χ2n) is 3.45. The van der Waals surface area contributed by atoms with Crippen LogP contribution in [0.25, 0.3) is 0 Å². The van der Waals surface area contributed by atoms with Crippen molar-refractivity contribution < 1.29 is 9.47 Å². The molecule has 17 heavy (non-hydrogen) atoms. The monoisotopic (exact) mass is 258 g/mol. The van der Waals surface area contributed by atoms with Crippen LogP contribution in [0, 0.1) is 0 Å². The van der Waals surface area contributed by atoms with Crippen molar-refractivity contribution in [1.82, 2.24) is 5.32 Å². The molecule has 0 fully saturated rings. The minimum Gasteiger partial charge on any atom is -0.491 e. The van der Waals surface area contributed by atoms with E-state index >= 15 is 0 Å². The van der Waals surface area contributed by atoms with Gasteiger partial charge in [-0.25, -0.2) is 0 Å². The Bertz CT molecular complexity index is 293. The van der Waals surface area contributed by atoms with Crippen molar-refractivity contribution in [2.75, 3.05) is 39.5 Å². The minimum absolute atomic E-state index is 0.540. The third kappa shape index (κ3) is 7.18. The third-order valence-corrected chi connectivity index (χ3v) is 2.31. The van der Waals surface area contributed by atoms with E-state index in [4.69, 9.17) is 26.8 Å². The molecule has 0 bridgehead atoms. The van der Waals surface area contributed by atoms with Crippen molar-refractivity contribution in [3.05, 3.63) is 29.3 Å². The van der Waals surface area contributed by atoms with Gasteiger partial charge in [-0.2, -0.15) is 0 Å². The van der Waals surface area contributed by atoms with Crippen LogP contribution in [0.5, 0.6) is 5.75 Å². The van der Waals surface area contributed by atoms with Crippen LogP contribution in [0.3, 0.4) is 0 Å². The number of ether oxygens (including phenoxy) is 2. The molecule has 3 N–H and O–H groups in total. The SMILES string of the molecule is NCCNCCOCCOc1ccc(Cl)cc1. The van der Waals surface area contributed by atoms with E-state index in [1.54, 1.807) is 12.1 Å². The molecule has 0 aliphatic heterocycles. The maximum atomic E-state index is 5.76. The molecule has 0 atom stereocenters. The summed E-state index contributed by atoms with van der Waals surface area (Å²) in [6, 6.07) is 7.28. The van der Waals surface area contributed by atoms with Gasteiger partial charge in [-0.1, -0.05) is 11.6 Å². The normalized spacial score (nSPS) is 10.5. The lowest BCUT2D eigenvalue weighted by molar-refractivity contribution is 0.102. The summed E-state index contributed by atoms with van der Waals surface area (Å²) in [5.41, 5.74) is 5.33. The van der Waals surface area contributed by atoms with Crippen molar-refractivity contribution >= 4 is 11.6 Å². The maximum absolute atomic E-state index is 5.76. The Kier molecular flexibility index (Phi) is 7.75. The molecule has 0 spiro atoms. The molecule has 0 saturated heterocycles. The zero-order chi connectivity index (χ0) is 12.3. The molecule has 0 aromatic heterocycles. The van der Waals surface area contributed by atoms with Crippen molar-refractivity contribution in [2.24, 2.45) is 5.73 Å². The van der Waals surface area contributed by atoms with Gasteiger partial charge in [0, 0.05) is 24.7 Å². The summed E-state index contributed by atoms with van der Waals surface area (Å²) < 4.78 is 10.8. The van der Waals surface area contributed by atoms with Gasteiger partial charge in [0.1, 0.15) is 12.4 Å². The second kappa shape index (κ2) is 9.24. The highest BCUT2D eigenvalue weighted by molar-refractivity contribution is 6.30. The van der Waals surface area contributed by atoms with E-state index in [9.17, 15) is 0 Å². The van der Waals surface area contributed by atoms with Crippen LogP contribution in [0.1, 0.15) is 0 Å². The van der Waals surface area contributed by atoms with Crippen LogP contribution >= 0.6 is 11.6 Å². The van der Waals surface area contributed by atoms with Crippen molar-refractivity contribution in [3.8, 4) is 5.75 Å². The molecule has 0 aliphatic rings. The van der Waals surface area contributed by atoms with Gasteiger partial charge in [0.2, 0.25) is 0 Å². The zero-order valence-corrected chi connectivity index (χ0v) is 10.6. The highest BCUT2D eigenvalue weighted by Gasteiger charge is 1.94. The molecular weight excluding hydrogens is 240 g/mol. The quantitative estimate of drug-likeness (QED) is 0.656. The highest BCUT2D eigenvalue weighted by Crippen LogP contribution is 2.15. The van der Waals surface area contributed by atoms with Crippen LogP contribution in [0.15, 0.2) is 24.3 Å². The van der Waals surface area contributed by atoms with Crippen LogP contribution in [0.2, 0.25) is 5.02 Å². The van der Waals surface area contributed by atoms with E-state index in [0.717, 1.165) is 18.8 Å². The smallest absolute Gasteiger partial charge is 0.119 e. The first-order valence-corrected chi connectivity index (χ1v) is 6.07. The Labute approximate surface area is 107 Å². The van der Waals surface area contributed by atoms with Crippen LogP contribution in [-0.2, 0) is 4.74 Å². The molecule has 0 amide bonds. The van der Waals surface area contributed by atoms with Crippen LogP contribution in [0.4, 0.5) is 0 Å². The molecule has 1 aromatic carbocycles. The van der Waals surface area contributed by atoms with Crippen molar-refractivity contribution in [3.63, 3.8) is 0 Å². The van der Waals surface area contributed by atoms with Gasteiger partial charge < -0.3 is 20.5 Å². The predicted molar refractivity (Wildman–Crippen MR) is 69.7 cm³/mol. The van der Waals surface area contributed by atoms with Gasteiger partial charge >= 0.3 is 0 Å². The molecule has 1 rings (SSSR count). The number of rotatable bonds is 9. The van der Waals surface area contributed by atoms with Crippen molar-refractivity contribution in [2.45, 2.75) is 0 Å². The molecule has 0 unspecified atom stereocenters. The first-order chi connectivity index (χ1) is 8.33. The van der Waals surface area contributed by atoms with Gasteiger partial charge in [0.25, 0.3) is 0 Å². The Morgan fingerprint density at radius 1 is 1.06 bits per heavy atom. The van der Waals surface area contributed by atoms with E-state index in [1.165, 1.54) is 0 Å². The zero-order valence-electron chi connectivity index (χ0n) is 9.82. The van der Waals surface area contributed by atoms with E-state index in [0.29, 0.717) is 31.4 Å². The topological polar surface area (TPSA) is 56.5 Å². The Morgan fingerprint density at radius 2 is 1.82 bits per heavy atom. The number of hydrogen-bond acceptors (Lipinski definition) is 4. The summed E-state index contributed by atoms with van der Waals surface area (Å²) in [7, 11) is 0. The molecular formula is C12H19ClN2O2. The van der Waals surface area contributed by atoms with Gasteiger partial charge in [-0.15, -0.1) is 0 Å². The lowest BCUT2D eigenvalue weighted by Gasteiger charge is -2.07. The predicted octanol–water partition coefficient (Wildman–Crippen LogP) is 1.28. The standard InChI is InChI=1S/C12H19ClN2O2/c13-11-1-3-12(4-2-11)17-10-9-16-8-7-15-6-5-14/h1-4,15H,5-10,14H2. The molecule has 0 radical (unpaired) electrons. The molecule has 0 aliphatic carbocycles. The summed E-state index contributed by atoms with van der Waals surface area (Å²) in [6.07, 6.45) is 0. The molecule has 0 saturated carbocycles. The van der Waals surface area contributed by atoms with E-state index in [2.05, 4.69) is 5.32 Å². The van der Waals surface area contributed by atoms with E-state index in [-0.39, 0.29) is 0 Å². The first-order valence-electron chi connectivity index (χ1n) is 5.70. The van der Waals surface area contributed by atoms with Crippen molar-refractivity contribution in [1.29, 1.82) is 0 Å². The largest absolute Gasteiger partial charge is 0.491 e. The average molecular weight is 259 g/mol. The summed E-state index contributed by atoms with van der Waals surface area (Å²) in [6.45, 7) is 4.08. The van der Waals surface area contributed by atoms with Gasteiger partial charge in [-0.05, 0) is 24.3 Å². The molecule has 96 valence electrons. The molecule has 1 aromatic rings. The Hall–Kier alpha value is -0.810. The number of benzene rings is 1. The summed E-state index contributed by atoms with van der Waals surface area (Å²) in [4.78, 5) is 0. The fraction of sp³-hybridized carbons (Fsp3) is 0.500. The van der Waals surface area contributed by atoms with Crippen LogP contribution < -0.4 is 15.8 Å². The van der Waals surface area contributed by atoms with Gasteiger partial charge in [0.15, 0.2) is 0 Å². The summed E-state index contributed by atoms with van der Waals surface area (Å²) in [5.74, 6) is 0.805. The molecule has 0 heterocycles. The Balaban J connectivity index is 1.95. The van der Waals surface area contributed by atoms with Gasteiger partial charge in [0.05, 0.1) is 13.2 Å². The number of nitrogens with one attached hydrogen (secondary N) is 1. The summed E-state index contributed by atoms with van der Waals surface area (Å²) >= 11 is 5.76.